The van der Waals surface area contributed by atoms with E-state index < -0.39 is 0 Å². The Kier molecular flexibility index (Phi) is 6.83. The Morgan fingerprint density at radius 3 is 2.66 bits per heavy atom. The monoisotopic (exact) mass is 449 g/mol. The van der Waals surface area contributed by atoms with Crippen LogP contribution in [-0.4, -0.2) is 43.6 Å². The average Bonchev–Trinajstić information content (AvgIpc) is 3.19. The smallest absolute Gasteiger partial charge is 0.252 e. The van der Waals surface area contributed by atoms with Crippen LogP contribution in [0.3, 0.4) is 0 Å². The van der Waals surface area contributed by atoms with Gasteiger partial charge in [0.15, 0.2) is 0 Å². The molecular weight excluding hydrogens is 426 g/mol. The van der Waals surface area contributed by atoms with Crippen LogP contribution >= 0.6 is 11.6 Å². The number of amides is 2. The first kappa shape index (κ1) is 22.0. The molecule has 3 aromatic rings. The summed E-state index contributed by atoms with van der Waals surface area (Å²) >= 11 is 6.01. The van der Waals surface area contributed by atoms with Gasteiger partial charge in [-0.15, -0.1) is 0 Å². The highest BCUT2D eigenvalue weighted by Crippen LogP contribution is 2.37. The van der Waals surface area contributed by atoms with Crippen LogP contribution in [0.5, 0.6) is 0 Å². The molecule has 1 aliphatic rings. The Balaban J connectivity index is 1.65. The Bertz CT molecular complexity index is 1190. The van der Waals surface area contributed by atoms with E-state index >= 15 is 0 Å². The van der Waals surface area contributed by atoms with Gasteiger partial charge >= 0.3 is 0 Å². The molecule has 32 heavy (non-hydrogen) atoms. The third-order valence-corrected chi connectivity index (χ3v) is 5.67. The number of hydrogen-bond donors (Lipinski definition) is 2. The molecule has 6 nitrogen and oxygen atoms in total. The van der Waals surface area contributed by atoms with Crippen molar-refractivity contribution < 1.29 is 14.3 Å². The normalized spacial score (nSPS) is 13.9. The number of nitrogens with one attached hydrogen (secondary N) is 2. The molecule has 0 saturated heterocycles. The van der Waals surface area contributed by atoms with Crippen molar-refractivity contribution in [3.63, 3.8) is 0 Å². The number of rotatable bonds is 7. The van der Waals surface area contributed by atoms with Crippen LogP contribution in [0.4, 0.5) is 0 Å². The summed E-state index contributed by atoms with van der Waals surface area (Å²) in [6, 6.07) is 15.2. The quantitative estimate of drug-likeness (QED) is 0.536. The molecule has 0 radical (unpaired) electrons. The number of aromatic nitrogens is 1. The first-order chi connectivity index (χ1) is 15.6. The maximum Gasteiger partial charge on any atom is 0.252 e. The number of hydrogen-bond acceptors (Lipinski definition) is 4. The Morgan fingerprint density at radius 2 is 1.88 bits per heavy atom. The summed E-state index contributed by atoms with van der Waals surface area (Å²) in [4.78, 5) is 30.1. The topological polar surface area (TPSA) is 80.3 Å². The summed E-state index contributed by atoms with van der Waals surface area (Å²) < 4.78 is 4.92. The molecule has 0 spiro atoms. The van der Waals surface area contributed by atoms with Crippen LogP contribution in [0.25, 0.3) is 22.6 Å². The zero-order valence-electron chi connectivity index (χ0n) is 17.8. The van der Waals surface area contributed by atoms with Crippen molar-refractivity contribution in [1.29, 1.82) is 0 Å². The minimum absolute atomic E-state index is 0.0958. The molecule has 1 aliphatic carbocycles. The molecule has 2 N–H and O–H groups in total. The third-order valence-electron chi connectivity index (χ3n) is 5.42. The van der Waals surface area contributed by atoms with Crippen molar-refractivity contribution in [3.05, 3.63) is 75.9 Å². The number of para-hydroxylation sites is 1. The number of ether oxygens (including phenoxy) is 1. The molecule has 164 valence electrons. The molecule has 2 amide bonds. The molecule has 0 bridgehead atoms. The van der Waals surface area contributed by atoms with E-state index in [9.17, 15) is 9.59 Å². The average molecular weight is 450 g/mol. The summed E-state index contributed by atoms with van der Waals surface area (Å²) in [5.74, 6) is -0.525. The van der Waals surface area contributed by atoms with Gasteiger partial charge in [0.05, 0.1) is 29.9 Å². The lowest BCUT2D eigenvalue weighted by Crippen LogP contribution is -2.38. The summed E-state index contributed by atoms with van der Waals surface area (Å²) in [7, 11) is 1.57. The maximum absolute atomic E-state index is 13.2. The van der Waals surface area contributed by atoms with Crippen LogP contribution in [0.1, 0.15) is 33.6 Å². The minimum atomic E-state index is -0.269. The van der Waals surface area contributed by atoms with Gasteiger partial charge in [0, 0.05) is 24.1 Å². The van der Waals surface area contributed by atoms with Crippen molar-refractivity contribution in [2.24, 2.45) is 0 Å². The van der Waals surface area contributed by atoms with E-state index in [1.807, 2.05) is 48.5 Å². The minimum Gasteiger partial charge on any atom is -0.383 e. The number of fused-ring (bicyclic) bond motifs is 2. The number of allylic oxidation sites excluding steroid dienone is 1. The summed E-state index contributed by atoms with van der Waals surface area (Å²) in [6.45, 7) is 0.726. The predicted octanol–water partition coefficient (Wildman–Crippen LogP) is 3.87. The van der Waals surface area contributed by atoms with E-state index in [1.54, 1.807) is 7.11 Å². The van der Waals surface area contributed by atoms with E-state index in [4.69, 9.17) is 21.3 Å². The van der Waals surface area contributed by atoms with Crippen LogP contribution in [-0.2, 0) is 16.0 Å². The van der Waals surface area contributed by atoms with Gasteiger partial charge < -0.3 is 15.4 Å². The lowest BCUT2D eigenvalue weighted by Gasteiger charge is -2.13. The predicted molar refractivity (Wildman–Crippen MR) is 127 cm³/mol. The van der Waals surface area contributed by atoms with Gasteiger partial charge in [0.2, 0.25) is 5.91 Å². The number of pyridine rings is 1. The molecule has 0 unspecified atom stereocenters. The number of halogens is 1. The zero-order valence-corrected chi connectivity index (χ0v) is 18.5. The summed E-state index contributed by atoms with van der Waals surface area (Å²) in [5, 5.41) is 6.95. The van der Waals surface area contributed by atoms with Gasteiger partial charge in [-0.3, -0.25) is 9.59 Å². The standard InChI is InChI=1S/C25H24ClN3O3/c1-32-13-12-27-22(30)15-28-25(31)23-19-4-2-3-5-21(19)29-24-17(8-11-20(23)24)14-16-6-9-18(26)10-7-16/h2-7,9-10,14H,8,11-13,15H2,1H3,(H,27,30)(H,28,31). The molecule has 4 rings (SSSR count). The maximum atomic E-state index is 13.2. The largest absolute Gasteiger partial charge is 0.383 e. The second-order valence-corrected chi connectivity index (χ2v) is 8.01. The first-order valence-corrected chi connectivity index (χ1v) is 10.9. The number of methoxy groups -OCH3 is 1. The van der Waals surface area contributed by atoms with Crippen molar-refractivity contribution >= 4 is 46.0 Å². The molecule has 0 fully saturated rings. The highest BCUT2D eigenvalue weighted by atomic mass is 35.5. The van der Waals surface area contributed by atoms with Crippen LogP contribution in [0, 0.1) is 0 Å². The Hall–Kier alpha value is -3.22. The van der Waals surface area contributed by atoms with Crippen LogP contribution in [0.15, 0.2) is 48.5 Å². The van der Waals surface area contributed by atoms with E-state index in [2.05, 4.69) is 16.7 Å². The SMILES string of the molecule is COCCNC(=O)CNC(=O)c1c2c(nc3ccccc13)C(=Cc1ccc(Cl)cc1)CC2. The number of carbonyl (C=O) groups excluding carboxylic acids is 2. The number of benzene rings is 2. The van der Waals surface area contributed by atoms with Crippen LogP contribution < -0.4 is 10.6 Å². The van der Waals surface area contributed by atoms with Crippen molar-refractivity contribution in [2.45, 2.75) is 12.8 Å². The van der Waals surface area contributed by atoms with E-state index in [0.717, 1.165) is 46.1 Å². The molecule has 0 atom stereocenters. The number of carbonyl (C=O) groups is 2. The van der Waals surface area contributed by atoms with Crippen molar-refractivity contribution in [3.8, 4) is 0 Å². The second-order valence-electron chi connectivity index (χ2n) is 7.58. The van der Waals surface area contributed by atoms with Gasteiger partial charge in [-0.25, -0.2) is 4.98 Å². The summed E-state index contributed by atoms with van der Waals surface area (Å²) in [5.41, 5.74) is 5.22. The van der Waals surface area contributed by atoms with Gasteiger partial charge in [0.25, 0.3) is 5.91 Å². The van der Waals surface area contributed by atoms with Gasteiger partial charge in [-0.2, -0.15) is 0 Å². The Labute approximate surface area is 191 Å². The fraction of sp³-hybridized carbons (Fsp3) is 0.240. The van der Waals surface area contributed by atoms with E-state index in [-0.39, 0.29) is 18.4 Å². The fourth-order valence-electron chi connectivity index (χ4n) is 3.90. The van der Waals surface area contributed by atoms with Crippen molar-refractivity contribution in [2.75, 3.05) is 26.8 Å². The van der Waals surface area contributed by atoms with Gasteiger partial charge in [-0.1, -0.05) is 41.9 Å². The lowest BCUT2D eigenvalue weighted by molar-refractivity contribution is -0.120. The fourth-order valence-corrected chi connectivity index (χ4v) is 4.03. The molecule has 0 saturated carbocycles. The molecule has 1 heterocycles. The van der Waals surface area contributed by atoms with Crippen molar-refractivity contribution in [1.82, 2.24) is 15.6 Å². The molecular formula is C25H24ClN3O3. The van der Waals surface area contributed by atoms with E-state index in [1.165, 1.54) is 0 Å². The van der Waals surface area contributed by atoms with E-state index in [0.29, 0.717) is 23.7 Å². The van der Waals surface area contributed by atoms with Gasteiger partial charge in [-0.05, 0) is 53.8 Å². The highest BCUT2D eigenvalue weighted by Gasteiger charge is 2.26. The number of nitrogens with zero attached hydrogens (tertiary/aromatic N) is 1. The third kappa shape index (κ3) is 4.82. The second kappa shape index (κ2) is 9.94. The molecule has 2 aromatic carbocycles. The molecule has 1 aromatic heterocycles. The van der Waals surface area contributed by atoms with Crippen LogP contribution in [0.2, 0.25) is 5.02 Å². The lowest BCUT2D eigenvalue weighted by atomic mass is 10.00. The highest BCUT2D eigenvalue weighted by molar-refractivity contribution is 6.30. The zero-order chi connectivity index (χ0) is 22.5. The first-order valence-electron chi connectivity index (χ1n) is 10.5. The van der Waals surface area contributed by atoms with Gasteiger partial charge in [0.1, 0.15) is 0 Å². The molecule has 7 heteroatoms. The Morgan fingerprint density at radius 1 is 1.09 bits per heavy atom. The molecule has 0 aliphatic heterocycles. The summed E-state index contributed by atoms with van der Waals surface area (Å²) in [6.07, 6.45) is 3.60.